The van der Waals surface area contributed by atoms with Crippen molar-refractivity contribution in [2.75, 3.05) is 18.9 Å². The van der Waals surface area contributed by atoms with Crippen LogP contribution in [0.4, 0.5) is 11.4 Å². The Morgan fingerprint density at radius 1 is 1.43 bits per heavy atom. The summed E-state index contributed by atoms with van der Waals surface area (Å²) in [6.45, 7) is 1.04. The normalized spacial score (nSPS) is 24.7. The lowest BCUT2D eigenvalue weighted by molar-refractivity contribution is -0.383. The van der Waals surface area contributed by atoms with Gasteiger partial charge in [0.05, 0.1) is 23.7 Å². The number of ether oxygens (including phenoxy) is 1. The summed E-state index contributed by atoms with van der Waals surface area (Å²) < 4.78 is 5.68. The first kappa shape index (κ1) is 13.8. The highest BCUT2D eigenvalue weighted by Gasteiger charge is 2.38. The van der Waals surface area contributed by atoms with Crippen LogP contribution >= 0.6 is 0 Å². The number of anilines is 1. The molecule has 2 N–H and O–H groups in total. The number of benzene rings is 1. The number of rotatable bonds is 2. The van der Waals surface area contributed by atoms with Crippen LogP contribution in [0.1, 0.15) is 29.6 Å². The maximum Gasteiger partial charge on any atom is 0.292 e. The van der Waals surface area contributed by atoms with Gasteiger partial charge in [-0.05, 0) is 31.4 Å². The van der Waals surface area contributed by atoms with Crippen LogP contribution in [0.15, 0.2) is 18.2 Å². The van der Waals surface area contributed by atoms with Gasteiger partial charge in [-0.3, -0.25) is 14.9 Å². The predicted octanol–water partition coefficient (Wildman–Crippen LogP) is 1.57. The molecule has 1 saturated heterocycles. The minimum absolute atomic E-state index is 0.0669. The lowest BCUT2D eigenvalue weighted by Gasteiger charge is -2.37. The minimum Gasteiger partial charge on any atom is -0.393 e. The summed E-state index contributed by atoms with van der Waals surface area (Å²) in [5.41, 5.74) is 5.72. The first-order chi connectivity index (χ1) is 10.1. The average Bonchev–Trinajstić information content (AvgIpc) is 2.95. The molecule has 1 saturated carbocycles. The maximum absolute atomic E-state index is 12.6. The number of carbonyl (C=O) groups is 1. The summed E-state index contributed by atoms with van der Waals surface area (Å²) in [6, 6.07) is 4.31. The van der Waals surface area contributed by atoms with E-state index in [1.54, 1.807) is 11.0 Å². The molecule has 1 aromatic rings. The molecular weight excluding hydrogens is 274 g/mol. The van der Waals surface area contributed by atoms with Crippen LogP contribution in [-0.4, -0.2) is 41.0 Å². The van der Waals surface area contributed by atoms with E-state index in [4.69, 9.17) is 10.5 Å². The van der Waals surface area contributed by atoms with Gasteiger partial charge in [0.15, 0.2) is 0 Å². The van der Waals surface area contributed by atoms with Crippen molar-refractivity contribution in [1.29, 1.82) is 0 Å². The van der Waals surface area contributed by atoms with E-state index in [0.717, 1.165) is 19.3 Å². The third-order valence-corrected chi connectivity index (χ3v) is 4.22. The molecule has 2 unspecified atom stereocenters. The summed E-state index contributed by atoms with van der Waals surface area (Å²) in [4.78, 5) is 24.8. The number of nitrogen functional groups attached to an aromatic ring is 1. The molecule has 1 aliphatic carbocycles. The molecule has 0 spiro atoms. The second-order valence-corrected chi connectivity index (χ2v) is 5.44. The molecule has 2 atom stereocenters. The van der Waals surface area contributed by atoms with Crippen LogP contribution < -0.4 is 5.73 Å². The molecule has 1 amide bonds. The quantitative estimate of drug-likeness (QED) is 0.506. The molecule has 2 aliphatic rings. The molecule has 112 valence electrons. The molecule has 1 aromatic carbocycles. The lowest BCUT2D eigenvalue weighted by atomic mass is 10.1. The van der Waals surface area contributed by atoms with E-state index in [1.165, 1.54) is 12.1 Å². The van der Waals surface area contributed by atoms with Gasteiger partial charge in [0, 0.05) is 18.2 Å². The minimum atomic E-state index is -0.566. The number of fused-ring (bicyclic) bond motifs is 1. The zero-order valence-electron chi connectivity index (χ0n) is 11.5. The monoisotopic (exact) mass is 291 g/mol. The van der Waals surface area contributed by atoms with Crippen molar-refractivity contribution >= 4 is 17.3 Å². The highest BCUT2D eigenvalue weighted by atomic mass is 16.6. The Morgan fingerprint density at radius 3 is 3.00 bits per heavy atom. The number of nitrogens with two attached hydrogens (primary N) is 1. The van der Waals surface area contributed by atoms with Crippen molar-refractivity contribution < 1.29 is 14.5 Å². The van der Waals surface area contributed by atoms with Crippen LogP contribution in [-0.2, 0) is 4.74 Å². The smallest absolute Gasteiger partial charge is 0.292 e. The fourth-order valence-corrected chi connectivity index (χ4v) is 3.18. The fraction of sp³-hybridized carbons (Fsp3) is 0.500. The molecule has 7 nitrogen and oxygen atoms in total. The van der Waals surface area contributed by atoms with Crippen molar-refractivity contribution in [2.45, 2.75) is 31.4 Å². The number of amides is 1. The molecule has 1 aliphatic heterocycles. The van der Waals surface area contributed by atoms with Gasteiger partial charge in [0.1, 0.15) is 5.69 Å². The summed E-state index contributed by atoms with van der Waals surface area (Å²) in [6.07, 6.45) is 3.04. The van der Waals surface area contributed by atoms with E-state index in [1.807, 2.05) is 0 Å². The highest BCUT2D eigenvalue weighted by Crippen LogP contribution is 2.31. The fourth-order valence-electron chi connectivity index (χ4n) is 3.18. The van der Waals surface area contributed by atoms with E-state index in [2.05, 4.69) is 0 Å². The third-order valence-electron chi connectivity index (χ3n) is 4.22. The SMILES string of the molecule is Nc1ccc(C(=O)N2CCOC3CCCC32)cc1[N+](=O)[O-]. The molecule has 0 radical (unpaired) electrons. The Labute approximate surface area is 121 Å². The van der Waals surface area contributed by atoms with E-state index in [9.17, 15) is 14.9 Å². The van der Waals surface area contributed by atoms with E-state index in [-0.39, 0.29) is 29.4 Å². The Balaban J connectivity index is 1.88. The van der Waals surface area contributed by atoms with Crippen molar-refractivity contribution in [3.8, 4) is 0 Å². The number of nitrogens with zero attached hydrogens (tertiary/aromatic N) is 2. The Hall–Kier alpha value is -2.15. The van der Waals surface area contributed by atoms with Crippen LogP contribution in [0.3, 0.4) is 0 Å². The van der Waals surface area contributed by atoms with Crippen LogP contribution in [0.5, 0.6) is 0 Å². The van der Waals surface area contributed by atoms with Gasteiger partial charge < -0.3 is 15.4 Å². The van der Waals surface area contributed by atoms with E-state index >= 15 is 0 Å². The molecule has 7 heteroatoms. The summed E-state index contributed by atoms with van der Waals surface area (Å²) in [5.74, 6) is -0.182. The van der Waals surface area contributed by atoms with Crippen LogP contribution in [0.25, 0.3) is 0 Å². The average molecular weight is 291 g/mol. The van der Waals surface area contributed by atoms with Gasteiger partial charge in [-0.2, -0.15) is 0 Å². The van der Waals surface area contributed by atoms with E-state index < -0.39 is 4.92 Å². The number of morpholine rings is 1. The van der Waals surface area contributed by atoms with Gasteiger partial charge in [-0.25, -0.2) is 0 Å². The Bertz CT molecular complexity index is 590. The lowest BCUT2D eigenvalue weighted by Crippen LogP contribution is -2.51. The van der Waals surface area contributed by atoms with Crippen molar-refractivity contribution in [3.05, 3.63) is 33.9 Å². The molecule has 2 fully saturated rings. The van der Waals surface area contributed by atoms with Crippen LogP contribution in [0, 0.1) is 10.1 Å². The number of nitro groups is 1. The van der Waals surface area contributed by atoms with Gasteiger partial charge in [-0.1, -0.05) is 0 Å². The maximum atomic E-state index is 12.6. The molecule has 0 bridgehead atoms. The third kappa shape index (κ3) is 2.44. The summed E-state index contributed by atoms with van der Waals surface area (Å²) >= 11 is 0. The molecule has 1 heterocycles. The highest BCUT2D eigenvalue weighted by molar-refractivity contribution is 5.96. The zero-order chi connectivity index (χ0) is 15.0. The summed E-state index contributed by atoms with van der Waals surface area (Å²) in [7, 11) is 0. The first-order valence-corrected chi connectivity index (χ1v) is 7.04. The Kier molecular flexibility index (Phi) is 3.50. The number of nitro benzene ring substituents is 1. The van der Waals surface area contributed by atoms with Gasteiger partial charge in [-0.15, -0.1) is 0 Å². The van der Waals surface area contributed by atoms with Gasteiger partial charge in [0.25, 0.3) is 11.6 Å². The molecule has 0 aromatic heterocycles. The molecule has 21 heavy (non-hydrogen) atoms. The first-order valence-electron chi connectivity index (χ1n) is 7.04. The summed E-state index contributed by atoms with van der Waals surface area (Å²) in [5, 5.41) is 10.9. The second kappa shape index (κ2) is 5.33. The second-order valence-electron chi connectivity index (χ2n) is 5.44. The zero-order valence-corrected chi connectivity index (χ0v) is 11.5. The number of hydrogen-bond acceptors (Lipinski definition) is 5. The largest absolute Gasteiger partial charge is 0.393 e. The van der Waals surface area contributed by atoms with Crippen LogP contribution in [0.2, 0.25) is 0 Å². The Morgan fingerprint density at radius 2 is 2.24 bits per heavy atom. The van der Waals surface area contributed by atoms with Gasteiger partial charge >= 0.3 is 0 Å². The predicted molar refractivity (Wildman–Crippen MR) is 75.9 cm³/mol. The molecular formula is C14H17N3O4. The van der Waals surface area contributed by atoms with Gasteiger partial charge in [0.2, 0.25) is 0 Å². The van der Waals surface area contributed by atoms with E-state index in [0.29, 0.717) is 18.7 Å². The standard InChI is InChI=1S/C14H17N3O4/c15-10-5-4-9(8-12(10)17(19)20)14(18)16-6-7-21-13-3-1-2-11(13)16/h4-5,8,11,13H,1-3,6-7,15H2. The molecule has 3 rings (SSSR count). The van der Waals surface area contributed by atoms with Crippen molar-refractivity contribution in [3.63, 3.8) is 0 Å². The topological polar surface area (TPSA) is 98.7 Å². The van der Waals surface area contributed by atoms with Crippen molar-refractivity contribution in [2.24, 2.45) is 0 Å². The number of carbonyl (C=O) groups excluding carboxylic acids is 1. The number of hydrogen-bond donors (Lipinski definition) is 1. The van der Waals surface area contributed by atoms with Crippen molar-refractivity contribution in [1.82, 2.24) is 4.90 Å².